The SMILES string of the molecule is CC(C)c1ccc2oc(-c3cccc(N(C)C(=O)C(F)(F)F)c3)nc2c1. The Labute approximate surface area is 148 Å². The molecule has 0 atom stereocenters. The standard InChI is InChI=1S/C19H17F3N2O2/c1-11(2)12-7-8-16-15(10-12)23-17(26-16)13-5-4-6-14(9-13)24(3)18(25)19(20,21)22/h4-11H,1-3H3. The number of alkyl halides is 3. The van der Waals surface area contributed by atoms with Crippen LogP contribution >= 0.6 is 0 Å². The topological polar surface area (TPSA) is 46.3 Å². The van der Waals surface area contributed by atoms with Crippen molar-refractivity contribution >= 4 is 22.7 Å². The van der Waals surface area contributed by atoms with E-state index in [0.29, 0.717) is 27.5 Å². The van der Waals surface area contributed by atoms with Crippen molar-refractivity contribution in [3.8, 4) is 11.5 Å². The first kappa shape index (κ1) is 18.0. The first-order valence-electron chi connectivity index (χ1n) is 8.02. The minimum atomic E-state index is -4.93. The Kier molecular flexibility index (Phi) is 4.48. The molecule has 0 radical (unpaired) electrons. The number of aromatic nitrogens is 1. The van der Waals surface area contributed by atoms with E-state index in [0.717, 1.165) is 12.6 Å². The van der Waals surface area contributed by atoms with E-state index in [2.05, 4.69) is 18.8 Å². The molecule has 1 aromatic heterocycles. The summed E-state index contributed by atoms with van der Waals surface area (Å²) in [5.74, 6) is -1.31. The van der Waals surface area contributed by atoms with Gasteiger partial charge in [0.15, 0.2) is 5.58 Å². The zero-order valence-corrected chi connectivity index (χ0v) is 14.5. The number of halogens is 3. The van der Waals surface area contributed by atoms with Crippen LogP contribution in [0, 0.1) is 0 Å². The van der Waals surface area contributed by atoms with E-state index in [4.69, 9.17) is 4.42 Å². The molecule has 0 saturated heterocycles. The van der Waals surface area contributed by atoms with E-state index >= 15 is 0 Å². The second-order valence-electron chi connectivity index (χ2n) is 6.31. The van der Waals surface area contributed by atoms with Gasteiger partial charge in [-0.3, -0.25) is 4.79 Å². The molecule has 0 spiro atoms. The molecule has 0 fully saturated rings. The lowest BCUT2D eigenvalue weighted by Gasteiger charge is -2.19. The molecule has 0 bridgehead atoms. The van der Waals surface area contributed by atoms with Gasteiger partial charge >= 0.3 is 12.1 Å². The number of amides is 1. The van der Waals surface area contributed by atoms with E-state index in [1.165, 1.54) is 12.1 Å². The number of carbonyl (C=O) groups is 1. The molecule has 0 N–H and O–H groups in total. The number of oxazole rings is 1. The molecule has 0 aliphatic rings. The van der Waals surface area contributed by atoms with E-state index in [1.54, 1.807) is 12.1 Å². The van der Waals surface area contributed by atoms with Crippen LogP contribution in [0.25, 0.3) is 22.6 Å². The molecule has 4 nitrogen and oxygen atoms in total. The Hall–Kier alpha value is -2.83. The van der Waals surface area contributed by atoms with Gasteiger partial charge in [-0.15, -0.1) is 0 Å². The van der Waals surface area contributed by atoms with Gasteiger partial charge in [0.2, 0.25) is 5.89 Å². The summed E-state index contributed by atoms with van der Waals surface area (Å²) in [7, 11) is 1.08. The molecule has 7 heteroatoms. The summed E-state index contributed by atoms with van der Waals surface area (Å²) in [6.45, 7) is 4.14. The molecule has 3 rings (SSSR count). The fourth-order valence-corrected chi connectivity index (χ4v) is 2.58. The summed E-state index contributed by atoms with van der Waals surface area (Å²) in [4.78, 5) is 16.4. The lowest BCUT2D eigenvalue weighted by molar-refractivity contribution is -0.170. The minimum absolute atomic E-state index is 0.106. The Morgan fingerprint density at radius 3 is 2.54 bits per heavy atom. The van der Waals surface area contributed by atoms with Gasteiger partial charge in [-0.1, -0.05) is 26.0 Å². The molecule has 136 valence electrons. The third-order valence-corrected chi connectivity index (χ3v) is 4.11. The third kappa shape index (κ3) is 3.42. The minimum Gasteiger partial charge on any atom is -0.436 e. The number of anilines is 1. The largest absolute Gasteiger partial charge is 0.471 e. The van der Waals surface area contributed by atoms with Crippen molar-refractivity contribution in [2.24, 2.45) is 0 Å². The van der Waals surface area contributed by atoms with Crippen LogP contribution < -0.4 is 4.90 Å². The van der Waals surface area contributed by atoms with Gasteiger partial charge in [-0.05, 0) is 41.8 Å². The van der Waals surface area contributed by atoms with Crippen molar-refractivity contribution in [1.82, 2.24) is 4.98 Å². The Balaban J connectivity index is 1.98. The fraction of sp³-hybridized carbons (Fsp3) is 0.263. The van der Waals surface area contributed by atoms with Gasteiger partial charge in [-0.2, -0.15) is 13.2 Å². The van der Waals surface area contributed by atoms with Crippen LogP contribution in [-0.2, 0) is 4.79 Å². The maximum Gasteiger partial charge on any atom is 0.471 e. The maximum absolute atomic E-state index is 12.6. The van der Waals surface area contributed by atoms with E-state index in [-0.39, 0.29) is 11.6 Å². The molecule has 2 aromatic carbocycles. The molecule has 0 saturated carbocycles. The lowest BCUT2D eigenvalue weighted by Crippen LogP contribution is -2.38. The number of nitrogens with zero attached hydrogens (tertiary/aromatic N) is 2. The van der Waals surface area contributed by atoms with Gasteiger partial charge in [0.25, 0.3) is 0 Å². The molecular weight excluding hydrogens is 345 g/mol. The third-order valence-electron chi connectivity index (χ3n) is 4.11. The number of fused-ring (bicyclic) bond motifs is 1. The summed E-state index contributed by atoms with van der Waals surface area (Å²) < 4.78 is 43.6. The Morgan fingerprint density at radius 2 is 1.88 bits per heavy atom. The van der Waals surface area contributed by atoms with Crippen LogP contribution in [0.2, 0.25) is 0 Å². The predicted octanol–water partition coefficient (Wildman–Crippen LogP) is 5.14. The van der Waals surface area contributed by atoms with Gasteiger partial charge in [-0.25, -0.2) is 4.98 Å². The normalized spacial score (nSPS) is 12.0. The second-order valence-corrected chi connectivity index (χ2v) is 6.31. The van der Waals surface area contributed by atoms with E-state index in [9.17, 15) is 18.0 Å². The van der Waals surface area contributed by atoms with Gasteiger partial charge < -0.3 is 9.32 Å². The van der Waals surface area contributed by atoms with Crippen LogP contribution in [0.4, 0.5) is 18.9 Å². The number of hydrogen-bond donors (Lipinski definition) is 0. The van der Waals surface area contributed by atoms with Crippen LogP contribution in [0.3, 0.4) is 0 Å². The molecule has 0 unspecified atom stereocenters. The molecule has 3 aromatic rings. The van der Waals surface area contributed by atoms with Crippen LogP contribution in [0.15, 0.2) is 46.9 Å². The van der Waals surface area contributed by atoms with Crippen LogP contribution in [0.1, 0.15) is 25.3 Å². The maximum atomic E-state index is 12.6. The number of rotatable bonds is 3. The van der Waals surface area contributed by atoms with Crippen LogP contribution in [-0.4, -0.2) is 24.1 Å². The van der Waals surface area contributed by atoms with Gasteiger partial charge in [0.1, 0.15) is 5.52 Å². The highest BCUT2D eigenvalue weighted by Gasteiger charge is 2.41. The van der Waals surface area contributed by atoms with Crippen molar-refractivity contribution in [2.45, 2.75) is 25.9 Å². The molecule has 1 amide bonds. The highest BCUT2D eigenvalue weighted by molar-refractivity contribution is 5.97. The summed E-state index contributed by atoms with van der Waals surface area (Å²) >= 11 is 0. The number of hydrogen-bond acceptors (Lipinski definition) is 3. The van der Waals surface area contributed by atoms with Gasteiger partial charge in [0, 0.05) is 18.3 Å². The van der Waals surface area contributed by atoms with Crippen molar-refractivity contribution in [3.05, 3.63) is 48.0 Å². The number of carbonyl (C=O) groups excluding carboxylic acids is 1. The average Bonchev–Trinajstić information content (AvgIpc) is 3.03. The molecule has 26 heavy (non-hydrogen) atoms. The molecule has 1 heterocycles. The monoisotopic (exact) mass is 362 g/mol. The zero-order chi connectivity index (χ0) is 19.1. The van der Waals surface area contributed by atoms with Crippen molar-refractivity contribution in [3.63, 3.8) is 0 Å². The zero-order valence-electron chi connectivity index (χ0n) is 14.5. The van der Waals surface area contributed by atoms with Crippen molar-refractivity contribution in [1.29, 1.82) is 0 Å². The second kappa shape index (κ2) is 6.48. The summed E-state index contributed by atoms with van der Waals surface area (Å²) in [6.07, 6.45) is -4.93. The molecular formula is C19H17F3N2O2. The summed E-state index contributed by atoms with van der Waals surface area (Å²) in [6, 6.07) is 11.8. The number of benzene rings is 2. The van der Waals surface area contributed by atoms with Gasteiger partial charge in [0.05, 0.1) is 0 Å². The first-order valence-corrected chi connectivity index (χ1v) is 8.02. The van der Waals surface area contributed by atoms with E-state index in [1.807, 2.05) is 18.2 Å². The molecule has 0 aliphatic heterocycles. The van der Waals surface area contributed by atoms with Crippen molar-refractivity contribution < 1.29 is 22.4 Å². The predicted molar refractivity (Wildman–Crippen MR) is 93.0 cm³/mol. The Bertz CT molecular complexity index is 961. The quantitative estimate of drug-likeness (QED) is 0.648. The highest BCUT2D eigenvalue weighted by Crippen LogP contribution is 2.30. The molecule has 0 aliphatic carbocycles. The average molecular weight is 362 g/mol. The first-order chi connectivity index (χ1) is 12.2. The Morgan fingerprint density at radius 1 is 1.15 bits per heavy atom. The fourth-order valence-electron chi connectivity index (χ4n) is 2.58. The van der Waals surface area contributed by atoms with E-state index < -0.39 is 12.1 Å². The lowest BCUT2D eigenvalue weighted by atomic mass is 10.0. The smallest absolute Gasteiger partial charge is 0.436 e. The summed E-state index contributed by atoms with van der Waals surface area (Å²) in [5, 5.41) is 0. The summed E-state index contributed by atoms with van der Waals surface area (Å²) in [5.41, 5.74) is 2.98. The van der Waals surface area contributed by atoms with Crippen LogP contribution in [0.5, 0.6) is 0 Å². The van der Waals surface area contributed by atoms with Crippen molar-refractivity contribution in [2.75, 3.05) is 11.9 Å². The highest BCUT2D eigenvalue weighted by atomic mass is 19.4.